The maximum atomic E-state index is 12.7. The molecule has 0 atom stereocenters. The first kappa shape index (κ1) is 17.6. The Labute approximate surface area is 162 Å². The lowest BCUT2D eigenvalue weighted by Gasteiger charge is -2.34. The fourth-order valence-corrected chi connectivity index (χ4v) is 3.20. The fraction of sp³-hybridized carbons (Fsp3) is 0.263. The minimum absolute atomic E-state index is 0.112. The summed E-state index contributed by atoms with van der Waals surface area (Å²) < 4.78 is 0. The summed E-state index contributed by atoms with van der Waals surface area (Å²) in [5.41, 5.74) is 1.99. The third-order valence-electron chi connectivity index (χ3n) is 4.57. The van der Waals surface area contributed by atoms with Gasteiger partial charge >= 0.3 is 0 Å². The highest BCUT2D eigenvalue weighted by Crippen LogP contribution is 2.13. The molecule has 0 unspecified atom stereocenters. The molecule has 1 saturated heterocycles. The lowest BCUT2D eigenvalue weighted by atomic mass is 10.2. The van der Waals surface area contributed by atoms with Crippen LogP contribution < -0.4 is 0 Å². The second-order valence-corrected chi connectivity index (χ2v) is 6.87. The molecule has 8 heteroatoms. The molecule has 138 valence electrons. The summed E-state index contributed by atoms with van der Waals surface area (Å²) in [5, 5.41) is 12.7. The summed E-state index contributed by atoms with van der Waals surface area (Å²) in [5.74, 6) is -0.0731. The van der Waals surface area contributed by atoms with Crippen LogP contribution in [0.3, 0.4) is 0 Å². The number of hydrogen-bond acceptors (Lipinski definition) is 5. The van der Waals surface area contributed by atoms with Crippen LogP contribution in [0.25, 0.3) is 5.69 Å². The van der Waals surface area contributed by atoms with E-state index in [2.05, 4.69) is 32.4 Å². The molecule has 1 aliphatic heterocycles. The van der Waals surface area contributed by atoms with E-state index in [0.717, 1.165) is 19.6 Å². The van der Waals surface area contributed by atoms with Crippen molar-refractivity contribution in [3.05, 3.63) is 71.0 Å². The van der Waals surface area contributed by atoms with Crippen LogP contribution in [-0.4, -0.2) is 62.1 Å². The van der Waals surface area contributed by atoms with Crippen molar-refractivity contribution < 1.29 is 4.79 Å². The van der Waals surface area contributed by atoms with Gasteiger partial charge in [-0.25, -0.2) is 0 Å². The Morgan fingerprint density at radius 1 is 0.963 bits per heavy atom. The monoisotopic (exact) mass is 382 g/mol. The standard InChI is InChI=1S/C19H19ClN6O/c20-16-6-8-17(9-7-16)26-22-18(21-23-26)19(27)25-12-10-24(11-13-25)14-15-4-2-1-3-5-15/h1-9H,10-14H2. The first-order chi connectivity index (χ1) is 13.2. The number of aromatic nitrogens is 4. The predicted octanol–water partition coefficient (Wildman–Crippen LogP) is 2.27. The quantitative estimate of drug-likeness (QED) is 0.692. The number of halogens is 1. The number of benzene rings is 2. The molecule has 2 heterocycles. The molecule has 4 rings (SSSR count). The van der Waals surface area contributed by atoms with Crippen LogP contribution in [0.1, 0.15) is 16.2 Å². The first-order valence-electron chi connectivity index (χ1n) is 8.80. The van der Waals surface area contributed by atoms with Gasteiger partial charge in [0.1, 0.15) is 0 Å². The third-order valence-corrected chi connectivity index (χ3v) is 4.82. The van der Waals surface area contributed by atoms with Crippen LogP contribution in [0.2, 0.25) is 5.02 Å². The van der Waals surface area contributed by atoms with Crippen molar-refractivity contribution in [1.29, 1.82) is 0 Å². The highest BCUT2D eigenvalue weighted by Gasteiger charge is 2.25. The van der Waals surface area contributed by atoms with Gasteiger partial charge in [-0.15, -0.1) is 15.0 Å². The summed E-state index contributed by atoms with van der Waals surface area (Å²) in [6.07, 6.45) is 0. The van der Waals surface area contributed by atoms with E-state index in [9.17, 15) is 4.79 Å². The Morgan fingerprint density at radius 3 is 2.37 bits per heavy atom. The molecule has 0 bridgehead atoms. The van der Waals surface area contributed by atoms with Crippen molar-refractivity contribution in [2.75, 3.05) is 26.2 Å². The van der Waals surface area contributed by atoms with E-state index in [1.807, 2.05) is 18.2 Å². The molecule has 3 aromatic rings. The van der Waals surface area contributed by atoms with E-state index in [1.165, 1.54) is 10.4 Å². The second-order valence-electron chi connectivity index (χ2n) is 6.43. The van der Waals surface area contributed by atoms with Crippen molar-refractivity contribution >= 4 is 17.5 Å². The SMILES string of the molecule is O=C(c1nnn(-c2ccc(Cl)cc2)n1)N1CCN(Cc2ccccc2)CC1. The molecule has 2 aromatic carbocycles. The molecule has 27 heavy (non-hydrogen) atoms. The summed E-state index contributed by atoms with van der Waals surface area (Å²) in [6, 6.07) is 17.4. The largest absolute Gasteiger partial charge is 0.333 e. The smallest absolute Gasteiger partial charge is 0.295 e. The Hall–Kier alpha value is -2.77. The Bertz CT molecular complexity index is 903. The minimum atomic E-state index is -0.186. The van der Waals surface area contributed by atoms with Gasteiger partial charge in [0.2, 0.25) is 0 Å². The van der Waals surface area contributed by atoms with Gasteiger partial charge in [0.25, 0.3) is 11.7 Å². The number of carbonyl (C=O) groups is 1. The summed E-state index contributed by atoms with van der Waals surface area (Å²) in [6.45, 7) is 3.86. The molecule has 0 spiro atoms. The molecular weight excluding hydrogens is 364 g/mol. The average Bonchev–Trinajstić information content (AvgIpc) is 3.20. The molecule has 0 saturated carbocycles. The minimum Gasteiger partial charge on any atom is -0.333 e. The lowest BCUT2D eigenvalue weighted by molar-refractivity contribution is 0.0616. The van der Waals surface area contributed by atoms with Crippen LogP contribution in [0.4, 0.5) is 0 Å². The molecule has 0 aliphatic carbocycles. The summed E-state index contributed by atoms with van der Waals surface area (Å²) >= 11 is 5.89. The van der Waals surface area contributed by atoms with E-state index in [0.29, 0.717) is 23.8 Å². The van der Waals surface area contributed by atoms with Crippen molar-refractivity contribution in [2.24, 2.45) is 0 Å². The molecule has 1 aromatic heterocycles. The number of piperazine rings is 1. The molecule has 1 aliphatic rings. The lowest BCUT2D eigenvalue weighted by Crippen LogP contribution is -2.48. The molecule has 0 radical (unpaired) electrons. The first-order valence-corrected chi connectivity index (χ1v) is 9.18. The molecular formula is C19H19ClN6O. The van der Waals surface area contributed by atoms with Crippen LogP contribution in [0.15, 0.2) is 54.6 Å². The van der Waals surface area contributed by atoms with Crippen molar-refractivity contribution in [2.45, 2.75) is 6.54 Å². The molecule has 1 amide bonds. The van der Waals surface area contributed by atoms with Gasteiger partial charge in [0.15, 0.2) is 0 Å². The molecule has 7 nitrogen and oxygen atoms in total. The van der Waals surface area contributed by atoms with Gasteiger partial charge in [-0.05, 0) is 35.0 Å². The number of carbonyl (C=O) groups excluding carboxylic acids is 1. The van der Waals surface area contributed by atoms with E-state index in [1.54, 1.807) is 29.2 Å². The highest BCUT2D eigenvalue weighted by molar-refractivity contribution is 6.30. The Balaban J connectivity index is 1.36. The highest BCUT2D eigenvalue weighted by atomic mass is 35.5. The number of amides is 1. The summed E-state index contributed by atoms with van der Waals surface area (Å²) in [4.78, 5) is 18.1. The van der Waals surface area contributed by atoms with Gasteiger partial charge in [-0.2, -0.15) is 0 Å². The van der Waals surface area contributed by atoms with E-state index < -0.39 is 0 Å². The topological polar surface area (TPSA) is 67.2 Å². The zero-order valence-corrected chi connectivity index (χ0v) is 15.5. The van der Waals surface area contributed by atoms with Crippen molar-refractivity contribution in [1.82, 2.24) is 30.0 Å². The molecule has 1 fully saturated rings. The Kier molecular flexibility index (Phi) is 5.13. The van der Waals surface area contributed by atoms with Gasteiger partial charge < -0.3 is 4.90 Å². The number of hydrogen-bond donors (Lipinski definition) is 0. The van der Waals surface area contributed by atoms with Crippen LogP contribution in [-0.2, 0) is 6.54 Å². The van der Waals surface area contributed by atoms with E-state index in [4.69, 9.17) is 11.6 Å². The maximum absolute atomic E-state index is 12.7. The number of nitrogens with zero attached hydrogens (tertiary/aromatic N) is 6. The van der Waals surface area contributed by atoms with Gasteiger partial charge in [0, 0.05) is 37.7 Å². The summed E-state index contributed by atoms with van der Waals surface area (Å²) in [7, 11) is 0. The number of rotatable bonds is 4. The zero-order chi connectivity index (χ0) is 18.6. The van der Waals surface area contributed by atoms with E-state index >= 15 is 0 Å². The van der Waals surface area contributed by atoms with Gasteiger partial charge in [-0.1, -0.05) is 41.9 Å². The van der Waals surface area contributed by atoms with E-state index in [-0.39, 0.29) is 11.7 Å². The predicted molar refractivity (Wildman–Crippen MR) is 102 cm³/mol. The average molecular weight is 383 g/mol. The Morgan fingerprint density at radius 2 is 1.67 bits per heavy atom. The van der Waals surface area contributed by atoms with Crippen LogP contribution in [0, 0.1) is 0 Å². The van der Waals surface area contributed by atoms with Crippen molar-refractivity contribution in [3.63, 3.8) is 0 Å². The zero-order valence-electron chi connectivity index (χ0n) is 14.7. The third kappa shape index (κ3) is 4.15. The van der Waals surface area contributed by atoms with Gasteiger partial charge in [-0.3, -0.25) is 9.69 Å². The second kappa shape index (κ2) is 7.85. The maximum Gasteiger partial charge on any atom is 0.295 e. The van der Waals surface area contributed by atoms with Crippen molar-refractivity contribution in [3.8, 4) is 5.69 Å². The van der Waals surface area contributed by atoms with Crippen LogP contribution >= 0.6 is 11.6 Å². The molecule has 0 N–H and O–H groups in total. The van der Waals surface area contributed by atoms with Gasteiger partial charge in [0.05, 0.1) is 5.69 Å². The normalized spacial score (nSPS) is 15.1. The fourth-order valence-electron chi connectivity index (χ4n) is 3.08. The number of tetrazole rings is 1. The van der Waals surface area contributed by atoms with Crippen LogP contribution in [0.5, 0.6) is 0 Å².